The monoisotopic (exact) mass is 212 g/mol. The van der Waals surface area contributed by atoms with Crippen molar-refractivity contribution in [2.75, 3.05) is 0 Å². The summed E-state index contributed by atoms with van der Waals surface area (Å²) in [5, 5.41) is 3.65. The van der Waals surface area contributed by atoms with Crippen LogP contribution in [0.4, 0.5) is 0 Å². The number of nitrogens with zero attached hydrogens (tertiary/aromatic N) is 2. The molecule has 2 nitrogen and oxygen atoms in total. The zero-order chi connectivity index (χ0) is 9.42. The summed E-state index contributed by atoms with van der Waals surface area (Å²) >= 11 is 7.67. The fourth-order valence-corrected chi connectivity index (χ4v) is 2.57. The van der Waals surface area contributed by atoms with E-state index in [0.717, 1.165) is 28.0 Å². The van der Waals surface area contributed by atoms with Gasteiger partial charge in [0.2, 0.25) is 0 Å². The molecule has 0 saturated carbocycles. The first-order chi connectivity index (χ1) is 6.22. The molecule has 0 aromatic carbocycles. The van der Waals surface area contributed by atoms with Crippen LogP contribution >= 0.6 is 22.9 Å². The number of rotatable bonds is 1. The molecule has 2 aromatic rings. The van der Waals surface area contributed by atoms with E-state index in [1.165, 1.54) is 0 Å². The minimum absolute atomic E-state index is 0.584. The summed E-state index contributed by atoms with van der Waals surface area (Å²) in [6.07, 6.45) is 0.826. The van der Waals surface area contributed by atoms with E-state index >= 15 is 0 Å². The number of aromatic nitrogens is 2. The van der Waals surface area contributed by atoms with Gasteiger partial charge in [0.15, 0.2) is 0 Å². The maximum absolute atomic E-state index is 6.04. The molecule has 0 atom stereocenters. The van der Waals surface area contributed by atoms with E-state index in [1.807, 2.05) is 13.8 Å². The third-order valence-electron chi connectivity index (χ3n) is 1.94. The van der Waals surface area contributed by atoms with Crippen LogP contribution in [0.15, 0.2) is 5.38 Å². The largest absolute Gasteiger partial charge is 0.222 e. The van der Waals surface area contributed by atoms with E-state index in [-0.39, 0.29) is 0 Å². The summed E-state index contributed by atoms with van der Waals surface area (Å²) < 4.78 is 0. The highest BCUT2D eigenvalue weighted by molar-refractivity contribution is 7.17. The fraction of sp³-hybridized carbons (Fsp3) is 0.333. The highest BCUT2D eigenvalue weighted by Gasteiger charge is 2.08. The molecule has 0 aliphatic rings. The number of fused-ring (bicyclic) bond motifs is 1. The van der Waals surface area contributed by atoms with Gasteiger partial charge < -0.3 is 0 Å². The van der Waals surface area contributed by atoms with Crippen molar-refractivity contribution in [1.29, 1.82) is 0 Å². The van der Waals surface area contributed by atoms with Gasteiger partial charge in [-0.25, -0.2) is 9.97 Å². The normalized spacial score (nSPS) is 11.0. The second-order valence-electron chi connectivity index (χ2n) is 2.88. The number of thiophene rings is 1. The van der Waals surface area contributed by atoms with Crippen LogP contribution in [-0.4, -0.2) is 9.97 Å². The Morgan fingerprint density at radius 3 is 2.92 bits per heavy atom. The molecule has 0 saturated heterocycles. The lowest BCUT2D eigenvalue weighted by Gasteiger charge is -1.98. The van der Waals surface area contributed by atoms with Crippen LogP contribution in [0.1, 0.15) is 18.3 Å². The third kappa shape index (κ3) is 1.42. The van der Waals surface area contributed by atoms with Gasteiger partial charge in [-0.05, 0) is 17.9 Å². The van der Waals surface area contributed by atoms with E-state index in [0.29, 0.717) is 5.15 Å². The van der Waals surface area contributed by atoms with Gasteiger partial charge in [0, 0.05) is 6.42 Å². The Labute approximate surface area is 85.6 Å². The first-order valence-corrected chi connectivity index (χ1v) is 5.38. The topological polar surface area (TPSA) is 25.8 Å². The number of hydrogen-bond acceptors (Lipinski definition) is 3. The first-order valence-electron chi connectivity index (χ1n) is 4.12. The number of halogens is 1. The number of aryl methyl sites for hydroxylation is 2. The SMILES string of the molecule is CCc1nc(Cl)c2c(C)csc2n1. The van der Waals surface area contributed by atoms with Gasteiger partial charge in [-0.2, -0.15) is 0 Å². The van der Waals surface area contributed by atoms with Gasteiger partial charge in [-0.1, -0.05) is 18.5 Å². The third-order valence-corrected chi connectivity index (χ3v) is 3.20. The van der Waals surface area contributed by atoms with Gasteiger partial charge in [0.25, 0.3) is 0 Å². The lowest BCUT2D eigenvalue weighted by molar-refractivity contribution is 0.964. The van der Waals surface area contributed by atoms with Crippen LogP contribution in [0.2, 0.25) is 5.15 Å². The zero-order valence-electron chi connectivity index (χ0n) is 7.47. The standard InChI is InChI=1S/C9H9ClN2S/c1-3-6-11-8(10)7-5(2)4-13-9(7)12-6/h4H,3H2,1-2H3. The van der Waals surface area contributed by atoms with Crippen LogP contribution in [0.5, 0.6) is 0 Å². The molecule has 0 unspecified atom stereocenters. The maximum atomic E-state index is 6.04. The summed E-state index contributed by atoms with van der Waals surface area (Å²) in [5.74, 6) is 0.819. The Hall–Kier alpha value is -0.670. The highest BCUT2D eigenvalue weighted by atomic mass is 35.5. The number of hydrogen-bond donors (Lipinski definition) is 0. The molecule has 0 amide bonds. The summed E-state index contributed by atoms with van der Waals surface area (Å²) in [6, 6.07) is 0. The summed E-state index contributed by atoms with van der Waals surface area (Å²) in [6.45, 7) is 4.05. The minimum atomic E-state index is 0.584. The van der Waals surface area contributed by atoms with Crippen molar-refractivity contribution in [2.24, 2.45) is 0 Å². The van der Waals surface area contributed by atoms with Crippen molar-refractivity contribution in [2.45, 2.75) is 20.3 Å². The lowest BCUT2D eigenvalue weighted by atomic mass is 10.3. The molecule has 2 aromatic heterocycles. The van der Waals surface area contributed by atoms with Gasteiger partial charge in [-0.15, -0.1) is 11.3 Å². The molecule has 0 spiro atoms. The summed E-state index contributed by atoms with van der Waals surface area (Å²) in [5.41, 5.74) is 1.16. The second kappa shape index (κ2) is 3.24. The molecule has 2 rings (SSSR count). The predicted octanol–water partition coefficient (Wildman–Crippen LogP) is 3.22. The maximum Gasteiger partial charge on any atom is 0.141 e. The Morgan fingerprint density at radius 2 is 2.23 bits per heavy atom. The average molecular weight is 213 g/mol. The molecule has 0 bridgehead atoms. The zero-order valence-corrected chi connectivity index (χ0v) is 9.04. The van der Waals surface area contributed by atoms with Crippen molar-refractivity contribution < 1.29 is 0 Å². The van der Waals surface area contributed by atoms with Crippen molar-refractivity contribution in [1.82, 2.24) is 9.97 Å². The molecule has 0 radical (unpaired) electrons. The molecule has 4 heteroatoms. The van der Waals surface area contributed by atoms with Crippen LogP contribution in [0.25, 0.3) is 10.2 Å². The lowest BCUT2D eigenvalue weighted by Crippen LogP contribution is -1.92. The van der Waals surface area contributed by atoms with Gasteiger partial charge in [-0.3, -0.25) is 0 Å². The van der Waals surface area contributed by atoms with Crippen LogP contribution < -0.4 is 0 Å². The smallest absolute Gasteiger partial charge is 0.141 e. The predicted molar refractivity (Wildman–Crippen MR) is 56.5 cm³/mol. The quantitative estimate of drug-likeness (QED) is 0.679. The van der Waals surface area contributed by atoms with Crippen molar-refractivity contribution >= 4 is 33.2 Å². The Kier molecular flexibility index (Phi) is 2.22. The molecule has 0 N–H and O–H groups in total. The van der Waals surface area contributed by atoms with Crippen molar-refractivity contribution in [3.63, 3.8) is 0 Å². The summed E-state index contributed by atoms with van der Waals surface area (Å²) in [7, 11) is 0. The first kappa shape index (κ1) is 8.91. The van der Waals surface area contributed by atoms with Gasteiger partial charge in [0.05, 0.1) is 5.39 Å². The van der Waals surface area contributed by atoms with E-state index in [1.54, 1.807) is 11.3 Å². The molecular formula is C9H9ClN2S. The van der Waals surface area contributed by atoms with E-state index in [9.17, 15) is 0 Å². The van der Waals surface area contributed by atoms with Crippen molar-refractivity contribution in [3.8, 4) is 0 Å². The molecule has 0 aliphatic carbocycles. The Morgan fingerprint density at radius 1 is 1.46 bits per heavy atom. The Balaban J connectivity index is 2.79. The van der Waals surface area contributed by atoms with Crippen LogP contribution in [-0.2, 0) is 6.42 Å². The van der Waals surface area contributed by atoms with Crippen molar-refractivity contribution in [3.05, 3.63) is 21.9 Å². The molecular weight excluding hydrogens is 204 g/mol. The van der Waals surface area contributed by atoms with Crippen LogP contribution in [0.3, 0.4) is 0 Å². The van der Waals surface area contributed by atoms with E-state index in [2.05, 4.69) is 15.3 Å². The Bertz CT molecular complexity index is 450. The molecule has 2 heterocycles. The van der Waals surface area contributed by atoms with Gasteiger partial charge >= 0.3 is 0 Å². The molecule has 13 heavy (non-hydrogen) atoms. The van der Waals surface area contributed by atoms with Crippen LogP contribution in [0, 0.1) is 6.92 Å². The minimum Gasteiger partial charge on any atom is -0.222 e. The molecule has 0 fully saturated rings. The fourth-order valence-electron chi connectivity index (χ4n) is 1.23. The van der Waals surface area contributed by atoms with E-state index in [4.69, 9.17) is 11.6 Å². The molecule has 0 aliphatic heterocycles. The highest BCUT2D eigenvalue weighted by Crippen LogP contribution is 2.28. The van der Waals surface area contributed by atoms with E-state index < -0.39 is 0 Å². The average Bonchev–Trinajstić information content (AvgIpc) is 2.48. The van der Waals surface area contributed by atoms with Gasteiger partial charge in [0.1, 0.15) is 15.8 Å². The second-order valence-corrected chi connectivity index (χ2v) is 4.10. The molecule has 68 valence electrons. The summed E-state index contributed by atoms with van der Waals surface area (Å²) in [4.78, 5) is 9.61.